The van der Waals surface area contributed by atoms with Crippen LogP contribution in [-0.2, 0) is 0 Å². The van der Waals surface area contributed by atoms with E-state index in [9.17, 15) is 0 Å². The van der Waals surface area contributed by atoms with Crippen molar-refractivity contribution in [1.82, 2.24) is 14.9 Å². The molecule has 16 heavy (non-hydrogen) atoms. The minimum absolute atomic E-state index is 0.542. The molecule has 0 radical (unpaired) electrons. The summed E-state index contributed by atoms with van der Waals surface area (Å²) in [6.07, 6.45) is 6.35. The van der Waals surface area contributed by atoms with Crippen LogP contribution in [0.15, 0.2) is 53.1 Å². The van der Waals surface area contributed by atoms with Crippen LogP contribution in [0.3, 0.4) is 0 Å². The van der Waals surface area contributed by atoms with Gasteiger partial charge in [-0.2, -0.15) is 5.10 Å². The van der Waals surface area contributed by atoms with Gasteiger partial charge in [0.1, 0.15) is 12.7 Å². The Hall–Kier alpha value is -1.94. The predicted molar refractivity (Wildman–Crippen MR) is 64.2 cm³/mol. The lowest BCUT2D eigenvalue weighted by atomic mass is 10.2. The quantitative estimate of drug-likeness (QED) is 0.763. The molecule has 0 amide bonds. The van der Waals surface area contributed by atoms with Crippen molar-refractivity contribution in [3.05, 3.63) is 53.6 Å². The number of hydrogen-bond donors (Lipinski definition) is 0. The van der Waals surface area contributed by atoms with Gasteiger partial charge in [-0.05, 0) is 11.6 Å². The average Bonchev–Trinajstić information content (AvgIpc) is 2.81. The number of aromatic nitrogens is 3. The first-order valence-corrected chi connectivity index (χ1v) is 5.03. The fourth-order valence-electron chi connectivity index (χ4n) is 1.12. The molecule has 0 saturated carbocycles. The van der Waals surface area contributed by atoms with Crippen molar-refractivity contribution in [3.63, 3.8) is 0 Å². The molecule has 0 N–H and O–H groups in total. The van der Waals surface area contributed by atoms with Gasteiger partial charge in [-0.15, -0.1) is 10.2 Å². The summed E-state index contributed by atoms with van der Waals surface area (Å²) in [4.78, 5) is 0. The normalized spacial score (nSPS) is 12.2. The maximum Gasteiger partial charge on any atom is 0.141 e. The molecule has 0 saturated heterocycles. The Morgan fingerprint density at radius 3 is 2.56 bits per heavy atom. The Morgan fingerprint density at radius 1 is 1.19 bits per heavy atom. The molecule has 1 aromatic heterocycles. The zero-order valence-corrected chi connectivity index (χ0v) is 9.12. The topological polar surface area (TPSA) is 43.1 Å². The maximum atomic E-state index is 5.99. The van der Waals surface area contributed by atoms with Crippen molar-refractivity contribution in [3.8, 4) is 0 Å². The highest BCUT2D eigenvalue weighted by Gasteiger charge is 1.90. The van der Waals surface area contributed by atoms with Crippen molar-refractivity contribution in [2.24, 2.45) is 5.10 Å². The second kappa shape index (κ2) is 5.23. The highest BCUT2D eigenvalue weighted by Crippen LogP contribution is 2.07. The fraction of sp³-hybridized carbons (Fsp3) is 0. The largest absolute Gasteiger partial charge is 0.208 e. The number of halogens is 1. The number of allylic oxidation sites excluding steroid dienone is 1. The molecule has 2 rings (SSSR count). The molecular weight excluding hydrogens is 224 g/mol. The first kappa shape index (κ1) is 10.6. The van der Waals surface area contributed by atoms with Crippen LogP contribution < -0.4 is 0 Å². The van der Waals surface area contributed by atoms with Crippen LogP contribution >= 0.6 is 11.6 Å². The summed E-state index contributed by atoms with van der Waals surface area (Å²) >= 11 is 5.99. The van der Waals surface area contributed by atoms with E-state index in [1.807, 2.05) is 36.4 Å². The molecule has 0 atom stereocenters. The Labute approximate surface area is 97.9 Å². The van der Waals surface area contributed by atoms with Crippen LogP contribution in [0.4, 0.5) is 0 Å². The van der Waals surface area contributed by atoms with Crippen LogP contribution in [0, 0.1) is 0 Å². The van der Waals surface area contributed by atoms with Gasteiger partial charge in [-0.25, -0.2) is 4.68 Å². The minimum Gasteiger partial charge on any atom is -0.208 e. The van der Waals surface area contributed by atoms with Gasteiger partial charge < -0.3 is 0 Å². The molecule has 2 aromatic rings. The van der Waals surface area contributed by atoms with Gasteiger partial charge in [-0.1, -0.05) is 41.9 Å². The summed E-state index contributed by atoms with van der Waals surface area (Å²) in [7, 11) is 0. The molecule has 0 fully saturated rings. The molecule has 4 nitrogen and oxygen atoms in total. The van der Waals surface area contributed by atoms with Crippen LogP contribution in [0.1, 0.15) is 5.56 Å². The van der Waals surface area contributed by atoms with Gasteiger partial charge in [0.25, 0.3) is 0 Å². The predicted octanol–water partition coefficient (Wildman–Crippen LogP) is 2.39. The van der Waals surface area contributed by atoms with Crippen LogP contribution in [0.25, 0.3) is 6.08 Å². The van der Waals surface area contributed by atoms with Crippen LogP contribution in [0.2, 0.25) is 0 Å². The lowest BCUT2D eigenvalue weighted by molar-refractivity contribution is 0.879. The van der Waals surface area contributed by atoms with Gasteiger partial charge in [0, 0.05) is 0 Å². The second-order valence-electron chi connectivity index (χ2n) is 3.03. The van der Waals surface area contributed by atoms with Gasteiger partial charge in [0.05, 0.1) is 11.2 Å². The lowest BCUT2D eigenvalue weighted by Crippen LogP contribution is -1.84. The maximum absolute atomic E-state index is 5.99. The molecule has 1 heterocycles. The van der Waals surface area contributed by atoms with Crippen molar-refractivity contribution >= 4 is 23.9 Å². The summed E-state index contributed by atoms with van der Waals surface area (Å²) < 4.78 is 1.47. The van der Waals surface area contributed by atoms with Crippen LogP contribution in [0.5, 0.6) is 0 Å². The van der Waals surface area contributed by atoms with Crippen molar-refractivity contribution < 1.29 is 0 Å². The first-order valence-electron chi connectivity index (χ1n) is 4.66. The summed E-state index contributed by atoms with van der Waals surface area (Å²) in [6.45, 7) is 0. The van der Waals surface area contributed by atoms with Crippen molar-refractivity contribution in [2.75, 3.05) is 0 Å². The number of benzene rings is 1. The summed E-state index contributed by atoms with van der Waals surface area (Å²) in [5, 5.41) is 11.8. The van der Waals surface area contributed by atoms with E-state index in [4.69, 9.17) is 11.6 Å². The van der Waals surface area contributed by atoms with Gasteiger partial charge in [0.2, 0.25) is 0 Å². The first-order chi connectivity index (χ1) is 7.84. The molecule has 0 bridgehead atoms. The van der Waals surface area contributed by atoms with E-state index in [0.717, 1.165) is 5.56 Å². The molecule has 1 aromatic carbocycles. The zero-order valence-electron chi connectivity index (χ0n) is 8.36. The Bertz CT molecular complexity index is 488. The number of hydrogen-bond acceptors (Lipinski definition) is 3. The van der Waals surface area contributed by atoms with Crippen molar-refractivity contribution in [1.29, 1.82) is 0 Å². The van der Waals surface area contributed by atoms with Gasteiger partial charge >= 0.3 is 0 Å². The third kappa shape index (κ3) is 3.03. The van der Waals surface area contributed by atoms with E-state index in [0.29, 0.717) is 5.03 Å². The summed E-state index contributed by atoms with van der Waals surface area (Å²) in [6, 6.07) is 9.79. The monoisotopic (exact) mass is 232 g/mol. The van der Waals surface area contributed by atoms with E-state index >= 15 is 0 Å². The molecule has 80 valence electrons. The van der Waals surface area contributed by atoms with E-state index < -0.39 is 0 Å². The third-order valence-electron chi connectivity index (χ3n) is 1.83. The molecule has 0 aliphatic carbocycles. The Balaban J connectivity index is 2.09. The standard InChI is InChI=1S/C11H9ClN4/c12-11(6-10-4-2-1-3-5-10)7-15-16-8-13-14-9-16/h1-9H/b11-6-,15-7+. The smallest absolute Gasteiger partial charge is 0.141 e. The Kier molecular flexibility index (Phi) is 3.46. The SMILES string of the molecule is ClC(=C\c1ccccc1)/C=N/n1cnnc1. The molecule has 5 heteroatoms. The van der Waals surface area contributed by atoms with E-state index in [2.05, 4.69) is 15.3 Å². The lowest BCUT2D eigenvalue weighted by Gasteiger charge is -1.92. The summed E-state index contributed by atoms with van der Waals surface area (Å²) in [5.41, 5.74) is 1.03. The highest BCUT2D eigenvalue weighted by molar-refractivity contribution is 6.41. The molecule has 0 unspecified atom stereocenters. The third-order valence-corrected chi connectivity index (χ3v) is 2.03. The van der Waals surface area contributed by atoms with E-state index in [-0.39, 0.29) is 0 Å². The highest BCUT2D eigenvalue weighted by atomic mass is 35.5. The minimum atomic E-state index is 0.542. The molecular formula is C11H9ClN4. The summed E-state index contributed by atoms with van der Waals surface area (Å²) in [5.74, 6) is 0. The number of rotatable bonds is 3. The average molecular weight is 233 g/mol. The van der Waals surface area contributed by atoms with Gasteiger partial charge in [0.15, 0.2) is 0 Å². The number of nitrogens with zero attached hydrogens (tertiary/aromatic N) is 4. The molecule has 0 spiro atoms. The zero-order chi connectivity index (χ0) is 11.2. The molecule has 0 aliphatic rings. The second-order valence-corrected chi connectivity index (χ2v) is 3.46. The Morgan fingerprint density at radius 2 is 1.88 bits per heavy atom. The van der Waals surface area contributed by atoms with Crippen LogP contribution in [-0.4, -0.2) is 21.1 Å². The molecule has 0 aliphatic heterocycles. The van der Waals surface area contributed by atoms with Crippen molar-refractivity contribution in [2.45, 2.75) is 0 Å². The fourth-order valence-corrected chi connectivity index (χ4v) is 1.29. The van der Waals surface area contributed by atoms with Gasteiger partial charge in [-0.3, -0.25) is 0 Å². The van der Waals surface area contributed by atoms with E-state index in [1.165, 1.54) is 23.5 Å². The van der Waals surface area contributed by atoms with E-state index in [1.54, 1.807) is 0 Å².